The standard InChI is InChI=1S/C16H17N3O/c1-11-7-8-17-10-13(11)16(20)9-14-12-5-3-4-6-15(12)19(2)18-14/h3-8,10,16,20H,9H2,1-2H3. The number of nitrogens with zero attached hydrogens (tertiary/aromatic N) is 3. The number of aromatic nitrogens is 3. The monoisotopic (exact) mass is 267 g/mol. The molecule has 0 radical (unpaired) electrons. The van der Waals surface area contributed by atoms with Crippen LogP contribution in [0.3, 0.4) is 0 Å². The summed E-state index contributed by atoms with van der Waals surface area (Å²) in [4.78, 5) is 4.09. The Labute approximate surface area is 117 Å². The molecule has 0 aliphatic heterocycles. The quantitative estimate of drug-likeness (QED) is 0.793. The Morgan fingerprint density at radius 1 is 1.25 bits per heavy atom. The number of aliphatic hydroxyl groups is 1. The van der Waals surface area contributed by atoms with Crippen molar-refractivity contribution in [1.82, 2.24) is 14.8 Å². The summed E-state index contributed by atoms with van der Waals surface area (Å²) < 4.78 is 1.85. The van der Waals surface area contributed by atoms with E-state index < -0.39 is 6.10 Å². The first kappa shape index (κ1) is 12.8. The van der Waals surface area contributed by atoms with Crippen molar-refractivity contribution < 1.29 is 5.11 Å². The minimum absolute atomic E-state index is 0.494. The van der Waals surface area contributed by atoms with E-state index in [0.29, 0.717) is 6.42 Å². The highest BCUT2D eigenvalue weighted by Crippen LogP contribution is 2.24. The van der Waals surface area contributed by atoms with Crippen LogP contribution in [0.2, 0.25) is 0 Å². The molecular formula is C16H17N3O. The molecule has 1 unspecified atom stereocenters. The van der Waals surface area contributed by atoms with Gasteiger partial charge in [-0.25, -0.2) is 0 Å². The number of rotatable bonds is 3. The zero-order chi connectivity index (χ0) is 14.1. The van der Waals surface area contributed by atoms with Crippen LogP contribution in [0.4, 0.5) is 0 Å². The molecule has 0 aliphatic rings. The molecule has 1 aromatic carbocycles. The number of pyridine rings is 1. The average molecular weight is 267 g/mol. The van der Waals surface area contributed by atoms with Crippen molar-refractivity contribution in [3.05, 3.63) is 59.5 Å². The summed E-state index contributed by atoms with van der Waals surface area (Å²) in [6.07, 6.45) is 3.38. The van der Waals surface area contributed by atoms with Gasteiger partial charge in [-0.3, -0.25) is 9.67 Å². The van der Waals surface area contributed by atoms with Crippen LogP contribution in [0.25, 0.3) is 10.9 Å². The number of benzene rings is 1. The molecule has 0 saturated heterocycles. The normalized spacial score (nSPS) is 12.8. The zero-order valence-electron chi connectivity index (χ0n) is 11.6. The SMILES string of the molecule is Cc1ccncc1C(O)Cc1nn(C)c2ccccc12. The van der Waals surface area contributed by atoms with Crippen LogP contribution in [0.15, 0.2) is 42.7 Å². The van der Waals surface area contributed by atoms with E-state index >= 15 is 0 Å². The summed E-state index contributed by atoms with van der Waals surface area (Å²) in [5.41, 5.74) is 3.91. The van der Waals surface area contributed by atoms with E-state index in [2.05, 4.69) is 10.1 Å². The van der Waals surface area contributed by atoms with Gasteiger partial charge in [-0.05, 0) is 24.6 Å². The van der Waals surface area contributed by atoms with E-state index in [1.54, 1.807) is 12.4 Å². The minimum atomic E-state index is -0.581. The fourth-order valence-electron chi connectivity index (χ4n) is 2.56. The maximum Gasteiger partial charge on any atom is 0.0863 e. The third-order valence-electron chi connectivity index (χ3n) is 3.66. The molecule has 3 aromatic rings. The minimum Gasteiger partial charge on any atom is -0.388 e. The van der Waals surface area contributed by atoms with Crippen molar-refractivity contribution in [3.8, 4) is 0 Å². The topological polar surface area (TPSA) is 50.9 Å². The first-order chi connectivity index (χ1) is 9.66. The molecule has 0 bridgehead atoms. The number of aliphatic hydroxyl groups excluding tert-OH is 1. The van der Waals surface area contributed by atoms with Gasteiger partial charge in [0.05, 0.1) is 17.3 Å². The van der Waals surface area contributed by atoms with Crippen LogP contribution in [0.5, 0.6) is 0 Å². The third kappa shape index (κ3) is 2.18. The van der Waals surface area contributed by atoms with Crippen molar-refractivity contribution in [1.29, 1.82) is 0 Å². The maximum absolute atomic E-state index is 10.4. The molecule has 0 spiro atoms. The lowest BCUT2D eigenvalue weighted by Gasteiger charge is -2.11. The molecule has 102 valence electrons. The number of hydrogen-bond donors (Lipinski definition) is 1. The molecule has 4 heteroatoms. The first-order valence-electron chi connectivity index (χ1n) is 6.66. The van der Waals surface area contributed by atoms with Crippen molar-refractivity contribution in [2.24, 2.45) is 7.05 Å². The fraction of sp³-hybridized carbons (Fsp3) is 0.250. The van der Waals surface area contributed by atoms with Gasteiger partial charge in [-0.15, -0.1) is 0 Å². The average Bonchev–Trinajstić information content (AvgIpc) is 2.76. The molecule has 1 N–H and O–H groups in total. The highest BCUT2D eigenvalue weighted by Gasteiger charge is 2.16. The molecule has 3 rings (SSSR count). The zero-order valence-corrected chi connectivity index (χ0v) is 11.6. The summed E-state index contributed by atoms with van der Waals surface area (Å²) in [5, 5.41) is 16.0. The van der Waals surface area contributed by atoms with Gasteiger partial charge in [0, 0.05) is 36.8 Å². The Balaban J connectivity index is 1.96. The van der Waals surface area contributed by atoms with Gasteiger partial charge in [0.25, 0.3) is 0 Å². The third-order valence-corrected chi connectivity index (χ3v) is 3.66. The second-order valence-corrected chi connectivity index (χ2v) is 5.04. The lowest BCUT2D eigenvalue weighted by Crippen LogP contribution is -2.05. The van der Waals surface area contributed by atoms with E-state index in [-0.39, 0.29) is 0 Å². The highest BCUT2D eigenvalue weighted by molar-refractivity contribution is 5.81. The van der Waals surface area contributed by atoms with Crippen LogP contribution in [-0.4, -0.2) is 19.9 Å². The van der Waals surface area contributed by atoms with Crippen molar-refractivity contribution in [2.75, 3.05) is 0 Å². The van der Waals surface area contributed by atoms with Crippen molar-refractivity contribution in [2.45, 2.75) is 19.4 Å². The first-order valence-corrected chi connectivity index (χ1v) is 6.66. The predicted molar refractivity (Wildman–Crippen MR) is 78.4 cm³/mol. The van der Waals surface area contributed by atoms with Gasteiger partial charge < -0.3 is 5.11 Å². The summed E-state index contributed by atoms with van der Waals surface area (Å²) in [6.45, 7) is 1.98. The largest absolute Gasteiger partial charge is 0.388 e. The summed E-state index contributed by atoms with van der Waals surface area (Å²) in [6, 6.07) is 9.98. The Morgan fingerprint density at radius 2 is 2.05 bits per heavy atom. The van der Waals surface area contributed by atoms with Crippen LogP contribution < -0.4 is 0 Å². The van der Waals surface area contributed by atoms with Crippen LogP contribution >= 0.6 is 0 Å². The summed E-state index contributed by atoms with van der Waals surface area (Å²) in [5.74, 6) is 0. The molecule has 20 heavy (non-hydrogen) atoms. The molecule has 0 amide bonds. The number of hydrogen-bond acceptors (Lipinski definition) is 3. The van der Waals surface area contributed by atoms with Gasteiger partial charge >= 0.3 is 0 Å². The molecule has 0 saturated carbocycles. The molecular weight excluding hydrogens is 250 g/mol. The molecule has 2 aromatic heterocycles. The molecule has 4 nitrogen and oxygen atoms in total. The number of fused-ring (bicyclic) bond motifs is 1. The van der Waals surface area contributed by atoms with E-state index in [9.17, 15) is 5.11 Å². The Morgan fingerprint density at radius 3 is 2.85 bits per heavy atom. The summed E-state index contributed by atoms with van der Waals surface area (Å²) >= 11 is 0. The van der Waals surface area contributed by atoms with E-state index in [1.165, 1.54) is 0 Å². The maximum atomic E-state index is 10.4. The van der Waals surface area contributed by atoms with Crippen molar-refractivity contribution >= 4 is 10.9 Å². The van der Waals surface area contributed by atoms with E-state index in [4.69, 9.17) is 0 Å². The molecule has 1 atom stereocenters. The van der Waals surface area contributed by atoms with Crippen molar-refractivity contribution in [3.63, 3.8) is 0 Å². The molecule has 2 heterocycles. The highest BCUT2D eigenvalue weighted by atomic mass is 16.3. The lowest BCUT2D eigenvalue weighted by atomic mass is 10.0. The molecule has 0 fully saturated rings. The fourth-order valence-corrected chi connectivity index (χ4v) is 2.56. The second-order valence-electron chi connectivity index (χ2n) is 5.04. The Bertz CT molecular complexity index is 748. The van der Waals surface area contributed by atoms with Gasteiger partial charge in [0.2, 0.25) is 0 Å². The van der Waals surface area contributed by atoms with E-state index in [0.717, 1.165) is 27.7 Å². The van der Waals surface area contributed by atoms with Gasteiger partial charge in [0.1, 0.15) is 0 Å². The van der Waals surface area contributed by atoms with E-state index in [1.807, 2.05) is 49.0 Å². The van der Waals surface area contributed by atoms with Crippen LogP contribution in [-0.2, 0) is 13.5 Å². The van der Waals surface area contributed by atoms with Gasteiger partial charge in [0.15, 0.2) is 0 Å². The lowest BCUT2D eigenvalue weighted by molar-refractivity contribution is 0.176. The van der Waals surface area contributed by atoms with Crippen LogP contribution in [0.1, 0.15) is 22.9 Å². The van der Waals surface area contributed by atoms with Gasteiger partial charge in [-0.1, -0.05) is 18.2 Å². The summed E-state index contributed by atoms with van der Waals surface area (Å²) in [7, 11) is 1.92. The molecule has 0 aliphatic carbocycles. The number of aryl methyl sites for hydroxylation is 2. The predicted octanol–water partition coefficient (Wildman–Crippen LogP) is 2.55. The van der Waals surface area contributed by atoms with Crippen LogP contribution in [0, 0.1) is 6.92 Å². The Hall–Kier alpha value is -2.20. The smallest absolute Gasteiger partial charge is 0.0863 e. The number of para-hydroxylation sites is 1. The Kier molecular flexibility index (Phi) is 3.24. The van der Waals surface area contributed by atoms with Gasteiger partial charge in [-0.2, -0.15) is 5.10 Å². The second kappa shape index (κ2) is 5.06.